The number of anilines is 1. The summed E-state index contributed by atoms with van der Waals surface area (Å²) in [6, 6.07) is 1.52. The fourth-order valence-corrected chi connectivity index (χ4v) is 1.15. The molecule has 0 saturated carbocycles. The van der Waals surface area contributed by atoms with Crippen LogP contribution in [0.5, 0.6) is 0 Å². The van der Waals surface area contributed by atoms with Gasteiger partial charge in [-0.05, 0) is 13.0 Å². The Morgan fingerprint density at radius 1 is 1.50 bits per heavy atom. The third-order valence-corrected chi connectivity index (χ3v) is 1.86. The molecule has 0 radical (unpaired) electrons. The predicted octanol–water partition coefficient (Wildman–Crippen LogP) is 0.328. The van der Waals surface area contributed by atoms with Gasteiger partial charge in [-0.3, -0.25) is 9.78 Å². The molecule has 0 aliphatic heterocycles. The topological polar surface area (TPSA) is 91.3 Å². The number of aromatic carboxylic acids is 1. The number of carbonyl (C=O) groups is 2. The van der Waals surface area contributed by atoms with E-state index in [0.717, 1.165) is 0 Å². The summed E-state index contributed by atoms with van der Waals surface area (Å²) in [6.07, 6.45) is 2.70. The van der Waals surface area contributed by atoms with Crippen LogP contribution in [0.4, 0.5) is 5.69 Å². The minimum Gasteiger partial charge on any atom is -0.478 e. The van der Waals surface area contributed by atoms with E-state index in [9.17, 15) is 9.59 Å². The number of likely N-dealkylation sites (N-methyl/N-ethyl adjacent to an activating group) is 1. The number of pyridine rings is 1. The van der Waals surface area contributed by atoms with Crippen molar-refractivity contribution >= 4 is 17.6 Å². The monoisotopic (exact) mass is 223 g/mol. The Morgan fingerprint density at radius 3 is 2.88 bits per heavy atom. The van der Waals surface area contributed by atoms with Gasteiger partial charge in [0.15, 0.2) is 0 Å². The molecule has 86 valence electrons. The van der Waals surface area contributed by atoms with Crippen molar-refractivity contribution < 1.29 is 14.7 Å². The van der Waals surface area contributed by atoms with Gasteiger partial charge in [0.05, 0.1) is 12.2 Å². The molecule has 1 amide bonds. The van der Waals surface area contributed by atoms with E-state index in [1.165, 1.54) is 18.5 Å². The van der Waals surface area contributed by atoms with Gasteiger partial charge in [-0.1, -0.05) is 0 Å². The lowest BCUT2D eigenvalue weighted by molar-refractivity contribution is -0.119. The minimum absolute atomic E-state index is 0.0398. The van der Waals surface area contributed by atoms with Crippen molar-refractivity contribution in [1.29, 1.82) is 0 Å². The van der Waals surface area contributed by atoms with E-state index in [1.54, 1.807) is 0 Å². The SMILES string of the molecule is CCNC(=O)CNc1ccncc1C(=O)O. The number of nitrogens with zero attached hydrogens (tertiary/aromatic N) is 1. The Kier molecular flexibility index (Phi) is 4.26. The van der Waals surface area contributed by atoms with Gasteiger partial charge in [0.2, 0.25) is 5.91 Å². The second kappa shape index (κ2) is 5.69. The summed E-state index contributed by atoms with van der Waals surface area (Å²) in [5, 5.41) is 14.2. The lowest BCUT2D eigenvalue weighted by atomic mass is 10.2. The first-order chi connectivity index (χ1) is 7.65. The Balaban J connectivity index is 2.66. The van der Waals surface area contributed by atoms with Crippen molar-refractivity contribution in [2.24, 2.45) is 0 Å². The van der Waals surface area contributed by atoms with Crippen LogP contribution in [-0.4, -0.2) is 35.1 Å². The van der Waals surface area contributed by atoms with Gasteiger partial charge in [-0.25, -0.2) is 4.79 Å². The Bertz CT molecular complexity index is 393. The molecule has 6 heteroatoms. The van der Waals surface area contributed by atoms with Crippen LogP contribution in [0.3, 0.4) is 0 Å². The minimum atomic E-state index is -1.08. The maximum absolute atomic E-state index is 11.2. The van der Waals surface area contributed by atoms with Gasteiger partial charge in [0, 0.05) is 18.9 Å². The van der Waals surface area contributed by atoms with Crippen LogP contribution in [0.15, 0.2) is 18.5 Å². The lowest BCUT2D eigenvalue weighted by Crippen LogP contribution is -2.29. The van der Waals surface area contributed by atoms with Gasteiger partial charge in [0.25, 0.3) is 0 Å². The average Bonchev–Trinajstić information content (AvgIpc) is 2.27. The number of carbonyl (C=O) groups excluding carboxylic acids is 1. The maximum Gasteiger partial charge on any atom is 0.339 e. The van der Waals surface area contributed by atoms with E-state index >= 15 is 0 Å². The fourth-order valence-electron chi connectivity index (χ4n) is 1.15. The van der Waals surface area contributed by atoms with Gasteiger partial charge in [-0.15, -0.1) is 0 Å². The molecule has 0 fully saturated rings. The Hall–Kier alpha value is -2.11. The highest BCUT2D eigenvalue weighted by Crippen LogP contribution is 2.12. The number of hydrogen-bond acceptors (Lipinski definition) is 4. The first-order valence-corrected chi connectivity index (χ1v) is 4.83. The third-order valence-electron chi connectivity index (χ3n) is 1.86. The zero-order chi connectivity index (χ0) is 12.0. The van der Waals surface area contributed by atoms with Crippen LogP contribution in [0.25, 0.3) is 0 Å². The summed E-state index contributed by atoms with van der Waals surface area (Å²) in [5.74, 6) is -1.26. The van der Waals surface area contributed by atoms with Gasteiger partial charge in [0.1, 0.15) is 5.56 Å². The summed E-state index contributed by atoms with van der Waals surface area (Å²) >= 11 is 0. The van der Waals surface area contributed by atoms with Crippen LogP contribution < -0.4 is 10.6 Å². The molecule has 1 aromatic rings. The molecule has 0 aliphatic carbocycles. The number of aromatic nitrogens is 1. The smallest absolute Gasteiger partial charge is 0.339 e. The molecule has 16 heavy (non-hydrogen) atoms. The third kappa shape index (κ3) is 3.23. The Morgan fingerprint density at radius 2 is 2.25 bits per heavy atom. The van der Waals surface area contributed by atoms with Crippen LogP contribution in [0, 0.1) is 0 Å². The number of carboxylic acid groups (broad SMARTS) is 1. The van der Waals surface area contributed by atoms with E-state index in [4.69, 9.17) is 5.11 Å². The van der Waals surface area contributed by atoms with Gasteiger partial charge in [-0.2, -0.15) is 0 Å². The number of rotatable bonds is 5. The fraction of sp³-hybridized carbons (Fsp3) is 0.300. The average molecular weight is 223 g/mol. The van der Waals surface area contributed by atoms with Gasteiger partial charge < -0.3 is 15.7 Å². The summed E-state index contributed by atoms with van der Waals surface area (Å²) < 4.78 is 0. The van der Waals surface area contributed by atoms with E-state index in [0.29, 0.717) is 12.2 Å². The van der Waals surface area contributed by atoms with E-state index < -0.39 is 5.97 Å². The zero-order valence-electron chi connectivity index (χ0n) is 8.86. The van der Waals surface area contributed by atoms with Crippen LogP contribution in [-0.2, 0) is 4.79 Å². The standard InChI is InChI=1S/C10H13N3O3/c1-2-12-9(14)6-13-8-3-4-11-5-7(8)10(15)16/h3-5H,2,6H2,1H3,(H,11,13)(H,12,14)(H,15,16). The normalized spacial score (nSPS) is 9.56. The summed E-state index contributed by atoms with van der Waals surface area (Å²) in [5.41, 5.74) is 0.431. The van der Waals surface area contributed by atoms with Crippen molar-refractivity contribution in [2.75, 3.05) is 18.4 Å². The molecule has 0 saturated heterocycles. The molecule has 0 atom stereocenters. The molecule has 3 N–H and O–H groups in total. The summed E-state index contributed by atoms with van der Waals surface area (Å²) in [6.45, 7) is 2.40. The number of carboxylic acids is 1. The number of amides is 1. The van der Waals surface area contributed by atoms with Crippen molar-refractivity contribution in [3.05, 3.63) is 24.0 Å². The second-order valence-electron chi connectivity index (χ2n) is 3.03. The molecule has 6 nitrogen and oxygen atoms in total. The van der Waals surface area contributed by atoms with E-state index in [-0.39, 0.29) is 18.0 Å². The van der Waals surface area contributed by atoms with Crippen molar-refractivity contribution in [3.63, 3.8) is 0 Å². The first kappa shape index (κ1) is 12.0. The largest absolute Gasteiger partial charge is 0.478 e. The highest BCUT2D eigenvalue weighted by molar-refractivity contribution is 5.94. The van der Waals surface area contributed by atoms with E-state index in [2.05, 4.69) is 15.6 Å². The van der Waals surface area contributed by atoms with Crippen molar-refractivity contribution in [2.45, 2.75) is 6.92 Å². The maximum atomic E-state index is 11.2. The highest BCUT2D eigenvalue weighted by atomic mass is 16.4. The number of hydrogen-bond donors (Lipinski definition) is 3. The predicted molar refractivity (Wildman–Crippen MR) is 58.4 cm³/mol. The van der Waals surface area contributed by atoms with E-state index in [1.807, 2.05) is 6.92 Å². The molecule has 0 spiro atoms. The zero-order valence-corrected chi connectivity index (χ0v) is 8.86. The number of nitrogens with one attached hydrogen (secondary N) is 2. The first-order valence-electron chi connectivity index (χ1n) is 4.83. The van der Waals surface area contributed by atoms with Crippen LogP contribution in [0.1, 0.15) is 17.3 Å². The molecular weight excluding hydrogens is 210 g/mol. The molecule has 0 aliphatic rings. The summed E-state index contributed by atoms with van der Waals surface area (Å²) in [4.78, 5) is 25.7. The second-order valence-corrected chi connectivity index (χ2v) is 3.03. The molecule has 1 heterocycles. The molecular formula is C10H13N3O3. The molecule has 0 aromatic carbocycles. The van der Waals surface area contributed by atoms with Gasteiger partial charge >= 0.3 is 5.97 Å². The quantitative estimate of drug-likeness (QED) is 0.669. The molecule has 0 unspecified atom stereocenters. The summed E-state index contributed by atoms with van der Waals surface area (Å²) in [7, 11) is 0. The molecule has 0 bridgehead atoms. The van der Waals surface area contributed by atoms with Crippen LogP contribution >= 0.6 is 0 Å². The van der Waals surface area contributed by atoms with Crippen LogP contribution in [0.2, 0.25) is 0 Å². The highest BCUT2D eigenvalue weighted by Gasteiger charge is 2.10. The van der Waals surface area contributed by atoms with Crippen molar-refractivity contribution in [3.8, 4) is 0 Å². The molecule has 1 rings (SSSR count). The Labute approximate surface area is 92.7 Å². The van der Waals surface area contributed by atoms with Crippen molar-refractivity contribution in [1.82, 2.24) is 10.3 Å². The molecule has 1 aromatic heterocycles. The lowest BCUT2D eigenvalue weighted by Gasteiger charge is -2.08.